The van der Waals surface area contributed by atoms with Crippen LogP contribution >= 0.6 is 11.6 Å². The number of nitrogens with one attached hydrogen (secondary N) is 1. The van der Waals surface area contributed by atoms with Gasteiger partial charge in [0.1, 0.15) is 17.2 Å². The number of aryl methyl sites for hydroxylation is 1. The Hall–Kier alpha value is -3.51. The van der Waals surface area contributed by atoms with Gasteiger partial charge in [0, 0.05) is 29.7 Å². The molecule has 1 amide bonds. The number of halogens is 1. The molecule has 2 aliphatic rings. The van der Waals surface area contributed by atoms with Crippen molar-refractivity contribution in [3.05, 3.63) is 87.9 Å². The second kappa shape index (κ2) is 10.0. The Bertz CT molecular complexity index is 1260. The van der Waals surface area contributed by atoms with E-state index in [2.05, 4.69) is 29.6 Å². The SMILES string of the molecule is O=C(NCC1CCCc2ccccc21)c1ccc(Oc2cc3c(cc2Cl)C(C(=O)O)CCO3)cc1. The van der Waals surface area contributed by atoms with Crippen LogP contribution in [-0.2, 0) is 11.2 Å². The van der Waals surface area contributed by atoms with Gasteiger partial charge in [0.15, 0.2) is 0 Å². The van der Waals surface area contributed by atoms with Gasteiger partial charge in [-0.1, -0.05) is 35.9 Å². The highest BCUT2D eigenvalue weighted by molar-refractivity contribution is 6.32. The van der Waals surface area contributed by atoms with Gasteiger partial charge in [-0.25, -0.2) is 0 Å². The third-order valence-corrected chi connectivity index (χ3v) is 7.04. The van der Waals surface area contributed by atoms with Crippen LogP contribution in [0.15, 0.2) is 60.7 Å². The van der Waals surface area contributed by atoms with Gasteiger partial charge >= 0.3 is 5.97 Å². The Balaban J connectivity index is 1.24. The van der Waals surface area contributed by atoms with Gasteiger partial charge < -0.3 is 19.9 Å². The minimum absolute atomic E-state index is 0.125. The first-order valence-corrected chi connectivity index (χ1v) is 12.2. The molecule has 0 saturated heterocycles. The number of carboxylic acid groups (broad SMARTS) is 1. The minimum Gasteiger partial charge on any atom is -0.493 e. The van der Waals surface area contributed by atoms with Crippen LogP contribution in [0.5, 0.6) is 17.2 Å². The van der Waals surface area contributed by atoms with Crippen molar-refractivity contribution in [1.29, 1.82) is 0 Å². The third-order valence-electron chi connectivity index (χ3n) is 6.75. The van der Waals surface area contributed by atoms with Crippen molar-refractivity contribution in [2.24, 2.45) is 0 Å². The number of aliphatic carboxylic acids is 1. The topological polar surface area (TPSA) is 84.9 Å². The van der Waals surface area contributed by atoms with Crippen LogP contribution in [0, 0.1) is 0 Å². The van der Waals surface area contributed by atoms with E-state index in [0.29, 0.717) is 58.9 Å². The highest BCUT2D eigenvalue weighted by atomic mass is 35.5. The van der Waals surface area contributed by atoms with E-state index >= 15 is 0 Å². The molecule has 2 atom stereocenters. The number of carboxylic acids is 1. The van der Waals surface area contributed by atoms with Crippen molar-refractivity contribution < 1.29 is 24.2 Å². The van der Waals surface area contributed by atoms with Crippen molar-refractivity contribution in [3.8, 4) is 17.2 Å². The molecule has 0 aromatic heterocycles. The number of rotatable bonds is 6. The largest absolute Gasteiger partial charge is 0.493 e. The Morgan fingerprint density at radius 2 is 1.86 bits per heavy atom. The quantitative estimate of drug-likeness (QED) is 0.446. The van der Waals surface area contributed by atoms with Gasteiger partial charge in [-0.15, -0.1) is 0 Å². The summed E-state index contributed by atoms with van der Waals surface area (Å²) in [6, 6.07) is 18.5. The molecule has 7 heteroatoms. The van der Waals surface area contributed by atoms with Gasteiger partial charge in [-0.3, -0.25) is 9.59 Å². The maximum Gasteiger partial charge on any atom is 0.311 e. The zero-order valence-corrected chi connectivity index (χ0v) is 19.9. The average molecular weight is 492 g/mol. The van der Waals surface area contributed by atoms with E-state index in [1.165, 1.54) is 11.1 Å². The molecule has 2 N–H and O–H groups in total. The van der Waals surface area contributed by atoms with E-state index in [9.17, 15) is 14.7 Å². The number of hydrogen-bond donors (Lipinski definition) is 2. The maximum atomic E-state index is 12.7. The van der Waals surface area contributed by atoms with Gasteiger partial charge in [0.25, 0.3) is 5.91 Å². The van der Waals surface area contributed by atoms with Crippen LogP contribution in [0.25, 0.3) is 0 Å². The third kappa shape index (κ3) is 4.98. The second-order valence-corrected chi connectivity index (χ2v) is 9.38. The van der Waals surface area contributed by atoms with Crippen LogP contribution in [0.4, 0.5) is 0 Å². The summed E-state index contributed by atoms with van der Waals surface area (Å²) < 4.78 is 11.5. The molecule has 1 heterocycles. The number of ether oxygens (including phenoxy) is 2. The number of hydrogen-bond acceptors (Lipinski definition) is 4. The minimum atomic E-state index is -0.902. The van der Waals surface area contributed by atoms with Crippen LogP contribution in [-0.4, -0.2) is 30.1 Å². The Labute approximate surface area is 208 Å². The fourth-order valence-corrected chi connectivity index (χ4v) is 5.12. The molecule has 0 spiro atoms. The van der Waals surface area contributed by atoms with Gasteiger partial charge in [0.2, 0.25) is 0 Å². The molecule has 0 fully saturated rings. The Morgan fingerprint density at radius 3 is 2.66 bits per heavy atom. The highest BCUT2D eigenvalue weighted by Gasteiger charge is 2.29. The normalized spacial score (nSPS) is 18.5. The summed E-state index contributed by atoms with van der Waals surface area (Å²) in [5.74, 6) is -0.00526. The molecule has 1 aliphatic heterocycles. The summed E-state index contributed by atoms with van der Waals surface area (Å²) in [6.07, 6.45) is 3.71. The number of benzene rings is 3. The molecule has 5 rings (SSSR count). The number of amides is 1. The van der Waals surface area contributed by atoms with Gasteiger partial charge in [-0.2, -0.15) is 0 Å². The van der Waals surface area contributed by atoms with Crippen molar-refractivity contribution in [2.75, 3.05) is 13.2 Å². The predicted octanol–water partition coefficient (Wildman–Crippen LogP) is 5.93. The maximum absolute atomic E-state index is 12.7. The van der Waals surface area contributed by atoms with Crippen LogP contribution in [0.2, 0.25) is 5.02 Å². The fraction of sp³-hybridized carbons (Fsp3) is 0.286. The molecule has 3 aromatic rings. The lowest BCUT2D eigenvalue weighted by atomic mass is 9.83. The standard InChI is InChI=1S/C28H26ClNO5/c29-24-14-23-22(28(32)33)12-13-34-25(23)15-26(24)35-20-10-8-18(9-11-20)27(31)30-16-19-6-3-5-17-4-1-2-7-21(17)19/h1-2,4,7-11,14-15,19,22H,3,5-6,12-13,16H2,(H,30,31)(H,32,33). The lowest BCUT2D eigenvalue weighted by Gasteiger charge is -2.25. The van der Waals surface area contributed by atoms with Gasteiger partial charge in [-0.05, 0) is 67.1 Å². The molecule has 0 radical (unpaired) electrons. The average Bonchev–Trinajstić information content (AvgIpc) is 2.87. The molecule has 6 nitrogen and oxygen atoms in total. The van der Waals surface area contributed by atoms with Gasteiger partial charge in [0.05, 0.1) is 17.5 Å². The zero-order chi connectivity index (χ0) is 24.4. The number of carbonyl (C=O) groups excluding carboxylic acids is 1. The molecule has 2 unspecified atom stereocenters. The molecule has 3 aromatic carbocycles. The first kappa shape index (κ1) is 23.2. The molecule has 0 saturated carbocycles. The number of carbonyl (C=O) groups is 2. The van der Waals surface area contributed by atoms with E-state index in [1.54, 1.807) is 36.4 Å². The van der Waals surface area contributed by atoms with Crippen molar-refractivity contribution in [2.45, 2.75) is 37.5 Å². The summed E-state index contributed by atoms with van der Waals surface area (Å²) in [6.45, 7) is 0.928. The summed E-state index contributed by atoms with van der Waals surface area (Å²) >= 11 is 6.38. The summed E-state index contributed by atoms with van der Waals surface area (Å²) in [5, 5.41) is 12.8. The predicted molar refractivity (Wildman–Crippen MR) is 133 cm³/mol. The lowest BCUT2D eigenvalue weighted by Crippen LogP contribution is -2.29. The Kier molecular flexibility index (Phi) is 6.64. The first-order chi connectivity index (χ1) is 17.0. The van der Waals surface area contributed by atoms with Crippen molar-refractivity contribution in [1.82, 2.24) is 5.32 Å². The molecule has 1 aliphatic carbocycles. The zero-order valence-electron chi connectivity index (χ0n) is 19.1. The summed E-state index contributed by atoms with van der Waals surface area (Å²) in [7, 11) is 0. The Morgan fingerprint density at radius 1 is 1.06 bits per heavy atom. The smallest absolute Gasteiger partial charge is 0.311 e. The van der Waals surface area contributed by atoms with E-state index in [4.69, 9.17) is 21.1 Å². The molecule has 35 heavy (non-hydrogen) atoms. The molecular weight excluding hydrogens is 466 g/mol. The fourth-order valence-electron chi connectivity index (χ4n) is 4.91. The van der Waals surface area contributed by atoms with Crippen LogP contribution in [0.3, 0.4) is 0 Å². The highest BCUT2D eigenvalue weighted by Crippen LogP contribution is 2.42. The van der Waals surface area contributed by atoms with Crippen LogP contribution < -0.4 is 14.8 Å². The van der Waals surface area contributed by atoms with E-state index in [-0.39, 0.29) is 5.91 Å². The van der Waals surface area contributed by atoms with E-state index in [0.717, 1.165) is 19.3 Å². The van der Waals surface area contributed by atoms with E-state index in [1.807, 2.05) is 0 Å². The van der Waals surface area contributed by atoms with Crippen molar-refractivity contribution >= 4 is 23.5 Å². The lowest BCUT2D eigenvalue weighted by molar-refractivity contribution is -0.139. The van der Waals surface area contributed by atoms with E-state index < -0.39 is 11.9 Å². The summed E-state index contributed by atoms with van der Waals surface area (Å²) in [5.41, 5.74) is 3.81. The first-order valence-electron chi connectivity index (χ1n) is 11.8. The second-order valence-electron chi connectivity index (χ2n) is 8.97. The molecule has 180 valence electrons. The molecular formula is C28H26ClNO5. The summed E-state index contributed by atoms with van der Waals surface area (Å²) in [4.78, 5) is 24.3. The molecule has 0 bridgehead atoms. The van der Waals surface area contributed by atoms with Crippen molar-refractivity contribution in [3.63, 3.8) is 0 Å². The monoisotopic (exact) mass is 491 g/mol. The van der Waals surface area contributed by atoms with Crippen LogP contribution in [0.1, 0.15) is 58.1 Å². The number of fused-ring (bicyclic) bond motifs is 2.